The van der Waals surface area contributed by atoms with Crippen molar-refractivity contribution < 1.29 is 4.79 Å². The fraction of sp³-hybridized carbons (Fsp3) is 0.588. The lowest BCUT2D eigenvalue weighted by Crippen LogP contribution is -2.47. The molecule has 0 N–H and O–H groups in total. The van der Waals surface area contributed by atoms with E-state index in [0.29, 0.717) is 12.1 Å². The van der Waals surface area contributed by atoms with E-state index in [4.69, 9.17) is 0 Å². The van der Waals surface area contributed by atoms with Gasteiger partial charge in [0.05, 0.1) is 0 Å². The number of rotatable bonds is 3. The summed E-state index contributed by atoms with van der Waals surface area (Å²) in [6.45, 7) is 4.26. The van der Waals surface area contributed by atoms with Crippen molar-refractivity contribution >= 4 is 5.91 Å². The monoisotopic (exact) mass is 272 g/mol. The van der Waals surface area contributed by atoms with Gasteiger partial charge in [0.2, 0.25) is 0 Å². The van der Waals surface area contributed by atoms with Gasteiger partial charge in [-0.25, -0.2) is 0 Å². The van der Waals surface area contributed by atoms with Gasteiger partial charge >= 0.3 is 0 Å². The van der Waals surface area contributed by atoms with Gasteiger partial charge in [0.25, 0.3) is 5.91 Å². The normalized spacial score (nSPS) is 20.9. The number of aryl methyl sites for hydroxylation is 1. The number of carbonyl (C=O) groups is 1. The van der Waals surface area contributed by atoms with Gasteiger partial charge in [0, 0.05) is 17.6 Å². The van der Waals surface area contributed by atoms with Crippen LogP contribution in [0.4, 0.5) is 0 Å². The summed E-state index contributed by atoms with van der Waals surface area (Å²) in [7, 11) is 2.17. The van der Waals surface area contributed by atoms with Crippen molar-refractivity contribution in [2.24, 2.45) is 0 Å². The molecule has 1 saturated heterocycles. The van der Waals surface area contributed by atoms with E-state index in [1.807, 2.05) is 31.2 Å². The maximum Gasteiger partial charge on any atom is 0.254 e. The fourth-order valence-corrected chi connectivity index (χ4v) is 3.18. The molecule has 0 aromatic heterocycles. The molecule has 1 heterocycles. The summed E-state index contributed by atoms with van der Waals surface area (Å²) in [4.78, 5) is 17.4. The minimum absolute atomic E-state index is 0.241. The molecule has 1 saturated carbocycles. The average molecular weight is 272 g/mol. The number of nitrogens with zero attached hydrogens (tertiary/aromatic N) is 2. The van der Waals surface area contributed by atoms with Gasteiger partial charge in [0.1, 0.15) is 0 Å². The molecule has 3 rings (SSSR count). The fourth-order valence-electron chi connectivity index (χ4n) is 3.18. The van der Waals surface area contributed by atoms with Crippen LogP contribution >= 0.6 is 0 Å². The second kappa shape index (κ2) is 5.57. The largest absolute Gasteiger partial charge is 0.333 e. The molecule has 0 atom stereocenters. The van der Waals surface area contributed by atoms with Crippen molar-refractivity contribution in [3.8, 4) is 0 Å². The van der Waals surface area contributed by atoms with E-state index in [0.717, 1.165) is 37.1 Å². The SMILES string of the molecule is Cc1cccc(C(=O)N(C2CC2)C2CCN(C)CC2)c1. The van der Waals surface area contributed by atoms with E-state index < -0.39 is 0 Å². The Labute approximate surface area is 121 Å². The van der Waals surface area contributed by atoms with Gasteiger partial charge in [-0.15, -0.1) is 0 Å². The number of piperidine rings is 1. The maximum absolute atomic E-state index is 12.9. The van der Waals surface area contributed by atoms with Gasteiger partial charge in [-0.2, -0.15) is 0 Å². The quantitative estimate of drug-likeness (QED) is 0.844. The first-order valence-corrected chi connectivity index (χ1v) is 7.73. The first-order valence-electron chi connectivity index (χ1n) is 7.73. The molecule has 0 unspecified atom stereocenters. The predicted molar refractivity (Wildman–Crippen MR) is 80.9 cm³/mol. The smallest absolute Gasteiger partial charge is 0.254 e. The molecule has 20 heavy (non-hydrogen) atoms. The Morgan fingerprint density at radius 3 is 2.40 bits per heavy atom. The molecule has 0 radical (unpaired) electrons. The summed E-state index contributed by atoms with van der Waals surface area (Å²) >= 11 is 0. The van der Waals surface area contributed by atoms with Crippen LogP contribution in [0.25, 0.3) is 0 Å². The van der Waals surface area contributed by atoms with Crippen LogP contribution in [0.15, 0.2) is 24.3 Å². The summed E-state index contributed by atoms with van der Waals surface area (Å²) in [5.74, 6) is 0.241. The highest BCUT2D eigenvalue weighted by atomic mass is 16.2. The van der Waals surface area contributed by atoms with Crippen molar-refractivity contribution in [3.63, 3.8) is 0 Å². The summed E-state index contributed by atoms with van der Waals surface area (Å²) < 4.78 is 0. The zero-order valence-electron chi connectivity index (χ0n) is 12.5. The molecule has 0 spiro atoms. The highest BCUT2D eigenvalue weighted by Gasteiger charge is 2.38. The number of hydrogen-bond donors (Lipinski definition) is 0. The standard InChI is InChI=1S/C17H24N2O/c1-13-4-3-5-14(12-13)17(20)19(15-6-7-15)16-8-10-18(2)11-9-16/h3-5,12,15-16H,6-11H2,1-2H3. The molecule has 2 fully saturated rings. The van der Waals surface area contributed by atoms with E-state index in [2.05, 4.69) is 16.8 Å². The predicted octanol–water partition coefficient (Wildman–Crippen LogP) is 2.69. The molecule has 1 amide bonds. The molecule has 3 heteroatoms. The van der Waals surface area contributed by atoms with E-state index in [9.17, 15) is 4.79 Å². The van der Waals surface area contributed by atoms with Gasteiger partial charge in [-0.1, -0.05) is 17.7 Å². The van der Waals surface area contributed by atoms with Gasteiger partial charge < -0.3 is 9.80 Å². The highest BCUT2D eigenvalue weighted by molar-refractivity contribution is 5.95. The number of hydrogen-bond acceptors (Lipinski definition) is 2. The summed E-state index contributed by atoms with van der Waals surface area (Å²) in [6.07, 6.45) is 4.60. The van der Waals surface area contributed by atoms with E-state index in [1.54, 1.807) is 0 Å². The highest BCUT2D eigenvalue weighted by Crippen LogP contribution is 2.33. The third kappa shape index (κ3) is 2.88. The van der Waals surface area contributed by atoms with Crippen LogP contribution in [0.2, 0.25) is 0 Å². The summed E-state index contributed by atoms with van der Waals surface area (Å²) in [6, 6.07) is 8.95. The zero-order chi connectivity index (χ0) is 14.1. The van der Waals surface area contributed by atoms with Crippen molar-refractivity contribution in [2.45, 2.75) is 44.7 Å². The molecular weight excluding hydrogens is 248 g/mol. The zero-order valence-corrected chi connectivity index (χ0v) is 12.5. The Balaban J connectivity index is 1.78. The first-order chi connectivity index (χ1) is 9.65. The minimum Gasteiger partial charge on any atom is -0.333 e. The van der Waals surface area contributed by atoms with E-state index in [-0.39, 0.29) is 5.91 Å². The van der Waals surface area contributed by atoms with E-state index in [1.165, 1.54) is 12.8 Å². The Kier molecular flexibility index (Phi) is 3.79. The summed E-state index contributed by atoms with van der Waals surface area (Å²) in [5, 5.41) is 0. The molecule has 1 aromatic rings. The number of carbonyl (C=O) groups excluding carboxylic acids is 1. The number of likely N-dealkylation sites (tertiary alicyclic amines) is 1. The molecule has 2 aliphatic rings. The molecule has 1 aliphatic carbocycles. The van der Waals surface area contributed by atoms with Crippen molar-refractivity contribution in [3.05, 3.63) is 35.4 Å². The number of amides is 1. The van der Waals surface area contributed by atoms with Crippen LogP contribution in [-0.2, 0) is 0 Å². The lowest BCUT2D eigenvalue weighted by atomic mass is 10.0. The van der Waals surface area contributed by atoms with Crippen molar-refractivity contribution in [1.29, 1.82) is 0 Å². The van der Waals surface area contributed by atoms with Crippen LogP contribution in [-0.4, -0.2) is 47.9 Å². The van der Waals surface area contributed by atoms with E-state index >= 15 is 0 Å². The Morgan fingerprint density at radius 2 is 1.80 bits per heavy atom. The van der Waals surface area contributed by atoms with Crippen LogP contribution in [0.5, 0.6) is 0 Å². The third-order valence-corrected chi connectivity index (χ3v) is 4.52. The Hall–Kier alpha value is -1.35. The molecular formula is C17H24N2O. The molecule has 108 valence electrons. The molecule has 0 bridgehead atoms. The van der Waals surface area contributed by atoms with Gasteiger partial charge in [0.15, 0.2) is 0 Å². The van der Waals surface area contributed by atoms with Crippen LogP contribution in [0.1, 0.15) is 41.6 Å². The molecule has 1 aromatic carbocycles. The Morgan fingerprint density at radius 1 is 1.15 bits per heavy atom. The lowest BCUT2D eigenvalue weighted by Gasteiger charge is -2.37. The van der Waals surface area contributed by atoms with Crippen LogP contribution < -0.4 is 0 Å². The average Bonchev–Trinajstić information content (AvgIpc) is 3.26. The minimum atomic E-state index is 0.241. The Bertz CT molecular complexity index is 488. The third-order valence-electron chi connectivity index (χ3n) is 4.52. The lowest BCUT2D eigenvalue weighted by molar-refractivity contribution is 0.0569. The maximum atomic E-state index is 12.9. The molecule has 1 aliphatic heterocycles. The van der Waals surface area contributed by atoms with Crippen molar-refractivity contribution in [2.75, 3.05) is 20.1 Å². The first kappa shape index (κ1) is 13.6. The van der Waals surface area contributed by atoms with Crippen LogP contribution in [0.3, 0.4) is 0 Å². The second-order valence-electron chi connectivity index (χ2n) is 6.35. The molecule has 3 nitrogen and oxygen atoms in total. The van der Waals surface area contributed by atoms with Gasteiger partial charge in [-0.3, -0.25) is 4.79 Å². The second-order valence-corrected chi connectivity index (χ2v) is 6.35. The summed E-state index contributed by atoms with van der Waals surface area (Å²) in [5.41, 5.74) is 2.02. The van der Waals surface area contributed by atoms with Crippen LogP contribution in [0, 0.1) is 6.92 Å². The van der Waals surface area contributed by atoms with Gasteiger partial charge in [-0.05, 0) is 64.9 Å². The van der Waals surface area contributed by atoms with Crippen molar-refractivity contribution in [1.82, 2.24) is 9.80 Å². The number of benzene rings is 1. The topological polar surface area (TPSA) is 23.6 Å².